The molecule has 1 N–H and O–H groups in total. The Morgan fingerprint density at radius 3 is 2.86 bits per heavy atom. The highest BCUT2D eigenvalue weighted by atomic mass is 16.4. The molecule has 0 unspecified atom stereocenters. The van der Waals surface area contributed by atoms with E-state index in [0.29, 0.717) is 24.5 Å². The summed E-state index contributed by atoms with van der Waals surface area (Å²) in [4.78, 5) is 13.8. The summed E-state index contributed by atoms with van der Waals surface area (Å²) in [5, 5.41) is 14.1. The van der Waals surface area contributed by atoms with Gasteiger partial charge in [-0.3, -0.25) is 14.4 Å². The number of hydrogen-bond donors (Lipinski definition) is 1. The van der Waals surface area contributed by atoms with Crippen LogP contribution in [0, 0.1) is 5.92 Å². The molecule has 116 valence electrons. The average molecular weight is 291 g/mol. The predicted molar refractivity (Wildman–Crippen MR) is 79.9 cm³/mol. The second kappa shape index (κ2) is 5.79. The Labute approximate surface area is 125 Å². The van der Waals surface area contributed by atoms with Crippen LogP contribution in [0.3, 0.4) is 0 Å². The minimum absolute atomic E-state index is 0.331. The molecule has 5 heteroatoms. The van der Waals surface area contributed by atoms with Gasteiger partial charge in [0.05, 0.1) is 5.69 Å². The number of nitrogens with zero attached hydrogens (tertiary/aromatic N) is 3. The Morgan fingerprint density at radius 2 is 2.19 bits per heavy atom. The van der Waals surface area contributed by atoms with Crippen molar-refractivity contribution in [1.29, 1.82) is 0 Å². The minimum Gasteiger partial charge on any atom is -0.480 e. The number of likely N-dealkylation sites (tertiary alicyclic amines) is 1. The van der Waals surface area contributed by atoms with Gasteiger partial charge in [-0.1, -0.05) is 12.8 Å². The summed E-state index contributed by atoms with van der Waals surface area (Å²) in [6.45, 7) is 4.87. The van der Waals surface area contributed by atoms with Gasteiger partial charge in [-0.25, -0.2) is 0 Å². The molecule has 0 bridgehead atoms. The number of aliphatic carboxylic acids is 1. The predicted octanol–water partition coefficient (Wildman–Crippen LogP) is 2.68. The molecule has 0 aromatic carbocycles. The first-order chi connectivity index (χ1) is 10.1. The van der Waals surface area contributed by atoms with E-state index in [1.165, 1.54) is 19.3 Å². The van der Waals surface area contributed by atoms with Crippen molar-refractivity contribution in [3.63, 3.8) is 0 Å². The zero-order chi connectivity index (χ0) is 15.0. The minimum atomic E-state index is -0.673. The van der Waals surface area contributed by atoms with Gasteiger partial charge in [-0.15, -0.1) is 0 Å². The van der Waals surface area contributed by atoms with Gasteiger partial charge >= 0.3 is 5.97 Å². The van der Waals surface area contributed by atoms with E-state index in [0.717, 1.165) is 18.5 Å². The standard InChI is InChI=1S/C16H25N3O2/c1-11(2)19-8-7-13(17-19)10-18-14-6-4-3-5-12(14)9-15(18)16(20)21/h7-8,11-12,14-15H,3-6,9-10H2,1-2H3,(H,20,21)/t12-,14-,15+/m1/s1. The van der Waals surface area contributed by atoms with Gasteiger partial charge in [0.15, 0.2) is 0 Å². The van der Waals surface area contributed by atoms with Crippen molar-refractivity contribution >= 4 is 5.97 Å². The van der Waals surface area contributed by atoms with E-state index in [4.69, 9.17) is 0 Å². The van der Waals surface area contributed by atoms with Gasteiger partial charge in [0, 0.05) is 24.8 Å². The summed E-state index contributed by atoms with van der Waals surface area (Å²) in [5.74, 6) is -0.111. The first kappa shape index (κ1) is 14.6. The van der Waals surface area contributed by atoms with Crippen LogP contribution in [0.25, 0.3) is 0 Å². The largest absolute Gasteiger partial charge is 0.480 e. The van der Waals surface area contributed by atoms with Gasteiger partial charge in [0.1, 0.15) is 6.04 Å². The second-order valence-electron chi connectivity index (χ2n) is 6.75. The van der Waals surface area contributed by atoms with Crippen LogP contribution in [0.2, 0.25) is 0 Å². The number of hydrogen-bond acceptors (Lipinski definition) is 3. The molecule has 1 saturated heterocycles. The number of rotatable bonds is 4. The molecule has 1 aromatic rings. The van der Waals surface area contributed by atoms with Crippen LogP contribution in [0.15, 0.2) is 12.3 Å². The number of carboxylic acid groups (broad SMARTS) is 1. The third kappa shape index (κ3) is 2.84. The Kier molecular flexibility index (Phi) is 4.02. The number of fused-ring (bicyclic) bond motifs is 1. The van der Waals surface area contributed by atoms with Crippen LogP contribution < -0.4 is 0 Å². The van der Waals surface area contributed by atoms with Crippen molar-refractivity contribution in [3.8, 4) is 0 Å². The molecule has 21 heavy (non-hydrogen) atoms. The average Bonchev–Trinajstić information content (AvgIpc) is 3.05. The Balaban J connectivity index is 1.78. The third-order valence-corrected chi connectivity index (χ3v) is 5.04. The first-order valence-electron chi connectivity index (χ1n) is 8.09. The molecule has 2 heterocycles. The molecular weight excluding hydrogens is 266 g/mol. The van der Waals surface area contributed by atoms with Gasteiger partial charge in [-0.2, -0.15) is 5.10 Å². The van der Waals surface area contributed by atoms with E-state index in [1.807, 2.05) is 16.9 Å². The van der Waals surface area contributed by atoms with Crippen LogP contribution in [0.5, 0.6) is 0 Å². The fraction of sp³-hybridized carbons (Fsp3) is 0.750. The normalized spacial score (nSPS) is 29.8. The maximum atomic E-state index is 11.6. The van der Waals surface area contributed by atoms with Gasteiger partial charge < -0.3 is 5.11 Å². The van der Waals surface area contributed by atoms with Crippen LogP contribution in [0.4, 0.5) is 0 Å². The lowest BCUT2D eigenvalue weighted by molar-refractivity contribution is -0.142. The molecule has 0 spiro atoms. The molecule has 1 aliphatic heterocycles. The van der Waals surface area contributed by atoms with E-state index in [2.05, 4.69) is 23.8 Å². The van der Waals surface area contributed by atoms with Gasteiger partial charge in [0.25, 0.3) is 0 Å². The van der Waals surface area contributed by atoms with Crippen molar-refractivity contribution in [3.05, 3.63) is 18.0 Å². The highest BCUT2D eigenvalue weighted by Gasteiger charge is 2.45. The van der Waals surface area contributed by atoms with E-state index in [-0.39, 0.29) is 6.04 Å². The molecule has 3 atom stereocenters. The second-order valence-corrected chi connectivity index (χ2v) is 6.75. The molecular formula is C16H25N3O2. The van der Waals surface area contributed by atoms with Crippen molar-refractivity contribution in [2.24, 2.45) is 5.92 Å². The van der Waals surface area contributed by atoms with Crippen molar-refractivity contribution in [2.75, 3.05) is 0 Å². The quantitative estimate of drug-likeness (QED) is 0.926. The Hall–Kier alpha value is -1.36. The summed E-state index contributed by atoms with van der Waals surface area (Å²) >= 11 is 0. The summed E-state index contributed by atoms with van der Waals surface area (Å²) in [7, 11) is 0. The number of aromatic nitrogens is 2. The van der Waals surface area contributed by atoms with Crippen molar-refractivity contribution in [1.82, 2.24) is 14.7 Å². The first-order valence-corrected chi connectivity index (χ1v) is 8.09. The zero-order valence-corrected chi connectivity index (χ0v) is 12.9. The third-order valence-electron chi connectivity index (χ3n) is 5.04. The maximum Gasteiger partial charge on any atom is 0.320 e. The topological polar surface area (TPSA) is 58.4 Å². The molecule has 2 aliphatic rings. The lowest BCUT2D eigenvalue weighted by atomic mass is 9.85. The molecule has 5 nitrogen and oxygen atoms in total. The fourth-order valence-corrected chi connectivity index (χ4v) is 3.96. The van der Waals surface area contributed by atoms with E-state index in [1.54, 1.807) is 0 Å². The lowest BCUT2D eigenvalue weighted by Gasteiger charge is -2.32. The molecule has 1 aliphatic carbocycles. The van der Waals surface area contributed by atoms with Crippen LogP contribution in [-0.4, -0.2) is 37.8 Å². The highest BCUT2D eigenvalue weighted by molar-refractivity contribution is 5.74. The fourth-order valence-electron chi connectivity index (χ4n) is 3.96. The molecule has 1 aromatic heterocycles. The summed E-state index contributed by atoms with van der Waals surface area (Å²) in [5.41, 5.74) is 0.987. The summed E-state index contributed by atoms with van der Waals surface area (Å²) in [6.07, 6.45) is 7.60. The van der Waals surface area contributed by atoms with Gasteiger partial charge in [0.2, 0.25) is 0 Å². The molecule has 1 saturated carbocycles. The smallest absolute Gasteiger partial charge is 0.320 e. The lowest BCUT2D eigenvalue weighted by Crippen LogP contribution is -2.41. The van der Waals surface area contributed by atoms with E-state index in [9.17, 15) is 9.90 Å². The molecule has 3 rings (SSSR count). The zero-order valence-electron chi connectivity index (χ0n) is 12.9. The summed E-state index contributed by atoms with van der Waals surface area (Å²) < 4.78 is 1.94. The number of carboxylic acids is 1. The molecule has 0 radical (unpaired) electrons. The SMILES string of the molecule is CC(C)n1ccc(CN2[C@@H]3CCCC[C@@H]3C[C@H]2C(=O)O)n1. The molecule has 2 fully saturated rings. The Morgan fingerprint density at radius 1 is 1.43 bits per heavy atom. The number of carbonyl (C=O) groups is 1. The van der Waals surface area contributed by atoms with Crippen molar-refractivity contribution < 1.29 is 9.90 Å². The van der Waals surface area contributed by atoms with E-state index >= 15 is 0 Å². The molecule has 0 amide bonds. The van der Waals surface area contributed by atoms with Crippen molar-refractivity contribution in [2.45, 2.75) is 70.6 Å². The maximum absolute atomic E-state index is 11.6. The van der Waals surface area contributed by atoms with E-state index < -0.39 is 5.97 Å². The van der Waals surface area contributed by atoms with Gasteiger partial charge in [-0.05, 0) is 45.1 Å². The Bertz CT molecular complexity index is 511. The highest BCUT2D eigenvalue weighted by Crippen LogP contribution is 2.40. The van der Waals surface area contributed by atoms with Crippen LogP contribution in [0.1, 0.15) is 57.7 Å². The summed E-state index contributed by atoms with van der Waals surface area (Å²) in [6, 6.07) is 2.47. The van der Waals surface area contributed by atoms with Crippen LogP contribution in [-0.2, 0) is 11.3 Å². The monoisotopic (exact) mass is 291 g/mol. The van der Waals surface area contributed by atoms with Crippen LogP contribution >= 0.6 is 0 Å².